The zero-order valence-corrected chi connectivity index (χ0v) is 18.0. The van der Waals surface area contributed by atoms with Gasteiger partial charge in [0.1, 0.15) is 5.75 Å². The third kappa shape index (κ3) is 6.35. The first-order valence-corrected chi connectivity index (χ1v) is 9.50. The van der Waals surface area contributed by atoms with Crippen molar-refractivity contribution in [1.82, 2.24) is 4.90 Å². The molecule has 0 heterocycles. The van der Waals surface area contributed by atoms with Crippen LogP contribution in [0.15, 0.2) is 84.4 Å². The Balaban J connectivity index is 0.00000300. The minimum absolute atomic E-state index is 0. The average molecular weight is 406 g/mol. The number of hydrogen-bond donors (Lipinski definition) is 1. The van der Waals surface area contributed by atoms with Crippen LogP contribution in [0.25, 0.3) is 17.7 Å². The highest BCUT2D eigenvalue weighted by Gasteiger charge is 2.10. The third-order valence-corrected chi connectivity index (χ3v) is 4.58. The van der Waals surface area contributed by atoms with Crippen molar-refractivity contribution in [2.75, 3.05) is 20.6 Å². The molecule has 29 heavy (non-hydrogen) atoms. The van der Waals surface area contributed by atoms with Gasteiger partial charge in [0, 0.05) is 6.54 Å². The number of hydrogen-bond acceptors (Lipinski definition) is 2. The van der Waals surface area contributed by atoms with E-state index in [0.717, 1.165) is 23.2 Å². The lowest BCUT2D eigenvalue weighted by atomic mass is 9.92. The van der Waals surface area contributed by atoms with E-state index >= 15 is 0 Å². The summed E-state index contributed by atoms with van der Waals surface area (Å²) in [6.07, 6.45) is 4.25. The van der Waals surface area contributed by atoms with E-state index in [0.29, 0.717) is 0 Å². The lowest BCUT2D eigenvalue weighted by Gasteiger charge is -2.17. The van der Waals surface area contributed by atoms with Gasteiger partial charge in [0.15, 0.2) is 0 Å². The molecule has 0 fully saturated rings. The van der Waals surface area contributed by atoms with E-state index < -0.39 is 0 Å². The standard InChI is InChI=1S/C26H27NO.ClH/c1-20(19-27(2)3)26(24-10-7-11-25(28)18-24)23-16-14-22(15-17-23)13-12-21-8-5-4-6-9-21;/h4-18,28H,19H2,1-3H3;1H/b13-12+,26-20-;. The normalized spacial score (nSPS) is 12.0. The number of aromatic hydroxyl groups is 1. The van der Waals surface area contributed by atoms with Crippen molar-refractivity contribution < 1.29 is 5.11 Å². The predicted octanol–water partition coefficient (Wildman–Crippen LogP) is 6.37. The molecule has 3 aromatic carbocycles. The van der Waals surface area contributed by atoms with Crippen LogP contribution in [-0.4, -0.2) is 30.6 Å². The maximum absolute atomic E-state index is 9.95. The van der Waals surface area contributed by atoms with Crippen LogP contribution < -0.4 is 0 Å². The molecule has 1 N–H and O–H groups in total. The lowest BCUT2D eigenvalue weighted by molar-refractivity contribution is 0.446. The summed E-state index contributed by atoms with van der Waals surface area (Å²) in [7, 11) is 4.14. The molecule has 0 bridgehead atoms. The fraction of sp³-hybridized carbons (Fsp3) is 0.154. The molecule has 0 saturated carbocycles. The van der Waals surface area contributed by atoms with Crippen LogP contribution in [0.2, 0.25) is 0 Å². The molecule has 0 radical (unpaired) electrons. The molecule has 0 atom stereocenters. The van der Waals surface area contributed by atoms with Gasteiger partial charge in [0.2, 0.25) is 0 Å². The van der Waals surface area contributed by atoms with Gasteiger partial charge >= 0.3 is 0 Å². The topological polar surface area (TPSA) is 23.5 Å². The van der Waals surface area contributed by atoms with Crippen molar-refractivity contribution in [3.8, 4) is 5.75 Å². The Labute approximate surface area is 180 Å². The van der Waals surface area contributed by atoms with E-state index in [1.54, 1.807) is 6.07 Å². The summed E-state index contributed by atoms with van der Waals surface area (Å²) in [5.74, 6) is 0.287. The molecule has 0 aliphatic carbocycles. The minimum Gasteiger partial charge on any atom is -0.508 e. The monoisotopic (exact) mass is 405 g/mol. The van der Waals surface area contributed by atoms with Crippen molar-refractivity contribution in [2.45, 2.75) is 6.92 Å². The van der Waals surface area contributed by atoms with Crippen LogP contribution in [0.3, 0.4) is 0 Å². The molecule has 2 nitrogen and oxygen atoms in total. The van der Waals surface area contributed by atoms with Crippen molar-refractivity contribution in [3.63, 3.8) is 0 Å². The number of halogens is 1. The first-order valence-electron chi connectivity index (χ1n) is 9.50. The van der Waals surface area contributed by atoms with E-state index in [9.17, 15) is 5.11 Å². The minimum atomic E-state index is 0. The molecule has 0 aromatic heterocycles. The Bertz CT molecular complexity index is 973. The second-order valence-electron chi connectivity index (χ2n) is 7.31. The Kier molecular flexibility index (Phi) is 8.26. The van der Waals surface area contributed by atoms with Crippen LogP contribution in [0.4, 0.5) is 0 Å². The predicted molar refractivity (Wildman–Crippen MR) is 127 cm³/mol. The first-order chi connectivity index (χ1) is 13.5. The number of likely N-dealkylation sites (N-methyl/N-ethyl adjacent to an activating group) is 1. The maximum atomic E-state index is 9.95. The summed E-state index contributed by atoms with van der Waals surface area (Å²) in [5, 5.41) is 9.95. The number of benzene rings is 3. The third-order valence-electron chi connectivity index (χ3n) is 4.58. The van der Waals surface area contributed by atoms with Gasteiger partial charge in [-0.25, -0.2) is 0 Å². The second kappa shape index (κ2) is 10.7. The van der Waals surface area contributed by atoms with Crippen molar-refractivity contribution in [3.05, 3.63) is 107 Å². The molecule has 0 amide bonds. The summed E-state index contributed by atoms with van der Waals surface area (Å²) in [5.41, 5.74) is 6.97. The SMILES string of the molecule is C/C(CN(C)C)=C(\c1ccc(/C=C/c2ccccc2)cc1)c1cccc(O)c1.Cl. The molecule has 0 aliphatic rings. The molecule has 0 unspecified atom stereocenters. The summed E-state index contributed by atoms with van der Waals surface area (Å²) in [6, 6.07) is 26.4. The average Bonchev–Trinajstić information content (AvgIpc) is 2.68. The highest BCUT2D eigenvalue weighted by molar-refractivity contribution is 5.85. The van der Waals surface area contributed by atoms with Crippen LogP contribution in [0.5, 0.6) is 5.75 Å². The molecule has 0 spiro atoms. The smallest absolute Gasteiger partial charge is 0.116 e. The maximum Gasteiger partial charge on any atom is 0.116 e. The molecule has 3 heteroatoms. The lowest BCUT2D eigenvalue weighted by Crippen LogP contribution is -2.15. The highest BCUT2D eigenvalue weighted by atomic mass is 35.5. The van der Waals surface area contributed by atoms with Gasteiger partial charge in [0.05, 0.1) is 0 Å². The van der Waals surface area contributed by atoms with Crippen molar-refractivity contribution >= 4 is 30.1 Å². The summed E-state index contributed by atoms with van der Waals surface area (Å²) in [4.78, 5) is 2.16. The van der Waals surface area contributed by atoms with Crippen molar-refractivity contribution in [2.24, 2.45) is 0 Å². The molecular weight excluding hydrogens is 378 g/mol. The zero-order chi connectivity index (χ0) is 19.9. The zero-order valence-electron chi connectivity index (χ0n) is 17.2. The fourth-order valence-electron chi connectivity index (χ4n) is 3.39. The van der Waals surface area contributed by atoms with E-state index in [4.69, 9.17) is 0 Å². The number of rotatable bonds is 6. The van der Waals surface area contributed by atoms with Gasteiger partial charge in [-0.2, -0.15) is 0 Å². The molecule has 150 valence electrons. The van der Waals surface area contributed by atoms with Gasteiger partial charge in [-0.15, -0.1) is 12.4 Å². The Morgan fingerprint density at radius 1 is 0.793 bits per heavy atom. The van der Waals surface area contributed by atoms with E-state index in [1.807, 2.05) is 30.3 Å². The molecular formula is C26H28ClNO. The van der Waals surface area contributed by atoms with Gasteiger partial charge in [-0.05, 0) is 61.0 Å². The Morgan fingerprint density at radius 3 is 2.00 bits per heavy atom. The quantitative estimate of drug-likeness (QED) is 0.482. The number of nitrogens with zero attached hydrogens (tertiary/aromatic N) is 1. The van der Waals surface area contributed by atoms with Crippen LogP contribution in [0.1, 0.15) is 29.2 Å². The Hall–Kier alpha value is -2.81. The van der Waals surface area contributed by atoms with Crippen LogP contribution in [0, 0.1) is 0 Å². The molecule has 0 aliphatic heterocycles. The number of phenols is 1. The first kappa shape index (κ1) is 22.5. The van der Waals surface area contributed by atoms with E-state index in [2.05, 4.69) is 80.5 Å². The van der Waals surface area contributed by atoms with Gasteiger partial charge < -0.3 is 10.0 Å². The number of phenolic OH excluding ortho intramolecular Hbond substituents is 1. The second-order valence-corrected chi connectivity index (χ2v) is 7.31. The van der Waals surface area contributed by atoms with Crippen LogP contribution >= 0.6 is 12.4 Å². The molecule has 3 rings (SSSR count). The van der Waals surface area contributed by atoms with Gasteiger partial charge in [-0.1, -0.05) is 84.5 Å². The van der Waals surface area contributed by atoms with Crippen LogP contribution in [-0.2, 0) is 0 Å². The molecule has 0 saturated heterocycles. The fourth-order valence-corrected chi connectivity index (χ4v) is 3.39. The summed E-state index contributed by atoms with van der Waals surface area (Å²) >= 11 is 0. The van der Waals surface area contributed by atoms with Gasteiger partial charge in [0.25, 0.3) is 0 Å². The summed E-state index contributed by atoms with van der Waals surface area (Å²) in [6.45, 7) is 3.02. The largest absolute Gasteiger partial charge is 0.508 e. The van der Waals surface area contributed by atoms with Gasteiger partial charge in [-0.3, -0.25) is 0 Å². The van der Waals surface area contributed by atoms with E-state index in [1.165, 1.54) is 16.7 Å². The van der Waals surface area contributed by atoms with Crippen molar-refractivity contribution in [1.29, 1.82) is 0 Å². The van der Waals surface area contributed by atoms with E-state index in [-0.39, 0.29) is 18.2 Å². The summed E-state index contributed by atoms with van der Waals surface area (Å²) < 4.78 is 0. The Morgan fingerprint density at radius 2 is 1.41 bits per heavy atom. The highest BCUT2D eigenvalue weighted by Crippen LogP contribution is 2.29. The molecule has 3 aromatic rings.